The van der Waals surface area contributed by atoms with Gasteiger partial charge in [-0.05, 0) is 117 Å². The zero-order valence-electron chi connectivity index (χ0n) is 23.9. The predicted molar refractivity (Wildman–Crippen MR) is 141 cm³/mol. The van der Waals surface area contributed by atoms with E-state index in [0.29, 0.717) is 18.1 Å². The largest absolute Gasteiger partial charge is 0.481 e. The van der Waals surface area contributed by atoms with Crippen LogP contribution < -0.4 is 0 Å². The SMILES string of the molecule is CC(=O)[C@H]1CC[C@]2(C)[C@H]3C(=O)C=C4[C@@H]5C[C@@](C)(C(=O)O)CC[C@]5(C)CC[C@@]4(C)[C@]3(C)CC[C@H]2C1(C)C. The van der Waals surface area contributed by atoms with E-state index in [-0.39, 0.29) is 50.6 Å². The summed E-state index contributed by atoms with van der Waals surface area (Å²) in [5, 5.41) is 10.1. The van der Waals surface area contributed by atoms with Gasteiger partial charge in [0.1, 0.15) is 5.78 Å². The lowest BCUT2D eigenvalue weighted by Crippen LogP contribution is -2.66. The molecule has 0 aromatic carbocycles. The van der Waals surface area contributed by atoms with Gasteiger partial charge in [0.05, 0.1) is 5.41 Å². The molecule has 5 rings (SSSR count). The molecule has 0 aromatic rings. The van der Waals surface area contributed by atoms with Gasteiger partial charge in [0.25, 0.3) is 0 Å². The third kappa shape index (κ3) is 3.08. The Bertz CT molecular complexity index is 1050. The lowest BCUT2D eigenvalue weighted by atomic mass is 9.33. The monoisotopic (exact) mass is 496 g/mol. The van der Waals surface area contributed by atoms with Crippen LogP contribution in [0.3, 0.4) is 0 Å². The molecule has 4 fully saturated rings. The van der Waals surface area contributed by atoms with Crippen molar-refractivity contribution in [3.63, 3.8) is 0 Å². The van der Waals surface area contributed by atoms with Crippen molar-refractivity contribution in [1.82, 2.24) is 0 Å². The Hall–Kier alpha value is -1.45. The van der Waals surface area contributed by atoms with Crippen LogP contribution in [0.1, 0.15) is 113 Å². The Morgan fingerprint density at radius 3 is 2.14 bits per heavy atom. The molecule has 200 valence electrons. The number of ketones is 2. The maximum Gasteiger partial charge on any atom is 0.309 e. The molecule has 5 aliphatic carbocycles. The number of hydrogen-bond donors (Lipinski definition) is 1. The van der Waals surface area contributed by atoms with Crippen LogP contribution >= 0.6 is 0 Å². The Labute approximate surface area is 218 Å². The van der Waals surface area contributed by atoms with Crippen LogP contribution in [0.5, 0.6) is 0 Å². The molecule has 5 aliphatic rings. The van der Waals surface area contributed by atoms with Crippen molar-refractivity contribution in [1.29, 1.82) is 0 Å². The summed E-state index contributed by atoms with van der Waals surface area (Å²) >= 11 is 0. The Morgan fingerprint density at radius 2 is 1.53 bits per heavy atom. The Kier molecular flexibility index (Phi) is 5.50. The summed E-state index contributed by atoms with van der Waals surface area (Å²) in [5.74, 6) is 0.428. The molecule has 0 bridgehead atoms. The second kappa shape index (κ2) is 7.56. The molecule has 0 amide bonds. The Balaban J connectivity index is 1.61. The molecule has 0 spiro atoms. The zero-order valence-corrected chi connectivity index (χ0v) is 23.9. The van der Waals surface area contributed by atoms with E-state index in [1.165, 1.54) is 5.57 Å². The van der Waals surface area contributed by atoms with E-state index in [1.54, 1.807) is 6.92 Å². The summed E-state index contributed by atoms with van der Waals surface area (Å²) in [6.07, 6.45) is 10.4. The van der Waals surface area contributed by atoms with Crippen molar-refractivity contribution in [2.75, 3.05) is 0 Å². The first kappa shape index (κ1) is 26.2. The van der Waals surface area contributed by atoms with Gasteiger partial charge in [-0.25, -0.2) is 0 Å². The minimum absolute atomic E-state index is 0.0384. The molecule has 0 unspecified atom stereocenters. The summed E-state index contributed by atoms with van der Waals surface area (Å²) in [4.78, 5) is 39.2. The number of carbonyl (C=O) groups excluding carboxylic acids is 2. The predicted octanol–water partition coefficient (Wildman–Crippen LogP) is 7.26. The van der Waals surface area contributed by atoms with Crippen molar-refractivity contribution < 1.29 is 19.5 Å². The highest BCUT2D eigenvalue weighted by molar-refractivity contribution is 5.96. The summed E-state index contributed by atoms with van der Waals surface area (Å²) in [7, 11) is 0. The summed E-state index contributed by atoms with van der Waals surface area (Å²) in [6, 6.07) is 0. The van der Waals surface area contributed by atoms with E-state index < -0.39 is 11.4 Å². The number of carbonyl (C=O) groups is 3. The zero-order chi connectivity index (χ0) is 26.7. The quantitative estimate of drug-likeness (QED) is 0.437. The average molecular weight is 497 g/mol. The number of aliphatic carboxylic acids is 1. The van der Waals surface area contributed by atoms with Crippen LogP contribution in [0.4, 0.5) is 0 Å². The van der Waals surface area contributed by atoms with Gasteiger partial charge in [-0.15, -0.1) is 0 Å². The van der Waals surface area contributed by atoms with Gasteiger partial charge < -0.3 is 5.11 Å². The number of carboxylic acids is 1. The van der Waals surface area contributed by atoms with E-state index in [2.05, 4.69) is 41.5 Å². The van der Waals surface area contributed by atoms with E-state index >= 15 is 0 Å². The highest BCUT2D eigenvalue weighted by Gasteiger charge is 2.70. The first-order valence-corrected chi connectivity index (χ1v) is 14.5. The van der Waals surface area contributed by atoms with Gasteiger partial charge in [0.2, 0.25) is 0 Å². The molecule has 4 saturated carbocycles. The fourth-order valence-electron chi connectivity index (χ4n) is 11.1. The fourth-order valence-corrected chi connectivity index (χ4v) is 11.1. The highest BCUT2D eigenvalue weighted by atomic mass is 16.4. The molecule has 9 atom stereocenters. The molecular weight excluding hydrogens is 448 g/mol. The molecule has 0 radical (unpaired) electrons. The fraction of sp³-hybridized carbons (Fsp3) is 0.844. The lowest BCUT2D eigenvalue weighted by Gasteiger charge is -2.70. The highest BCUT2D eigenvalue weighted by Crippen LogP contribution is 2.75. The van der Waals surface area contributed by atoms with E-state index in [9.17, 15) is 19.5 Å². The molecule has 36 heavy (non-hydrogen) atoms. The van der Waals surface area contributed by atoms with Gasteiger partial charge in [0, 0.05) is 11.8 Å². The molecule has 1 N–H and O–H groups in total. The third-order valence-corrected chi connectivity index (χ3v) is 13.6. The van der Waals surface area contributed by atoms with Gasteiger partial charge >= 0.3 is 5.97 Å². The van der Waals surface area contributed by atoms with Crippen LogP contribution in [0.2, 0.25) is 0 Å². The van der Waals surface area contributed by atoms with E-state index in [0.717, 1.165) is 51.4 Å². The maximum absolute atomic E-state index is 14.3. The summed E-state index contributed by atoms with van der Waals surface area (Å²) < 4.78 is 0. The molecule has 0 saturated heterocycles. The number of carboxylic acid groups (broad SMARTS) is 1. The second-order valence-electron chi connectivity index (χ2n) is 15.6. The normalized spacial score (nSPS) is 51.7. The van der Waals surface area contributed by atoms with Crippen LogP contribution in [-0.2, 0) is 14.4 Å². The standard InChI is InChI=1S/C32H48O4/c1-19(33)20-9-11-30(6)24(27(20,2)3)10-12-32(8)25(30)23(34)17-21-22-18-29(5,26(35)36)14-13-28(22,4)15-16-31(21,32)7/h17,20,22,24-25H,9-16,18H2,1-8H3,(H,35,36)/t20-,22+,24+,25-,28-,29+,30+,31-,32-/m1/s1. The van der Waals surface area contributed by atoms with Gasteiger partial charge in [-0.1, -0.05) is 47.1 Å². The molecule has 0 aliphatic heterocycles. The smallest absolute Gasteiger partial charge is 0.309 e. The van der Waals surface area contributed by atoms with E-state index in [4.69, 9.17) is 0 Å². The summed E-state index contributed by atoms with van der Waals surface area (Å²) in [6.45, 7) is 17.8. The minimum atomic E-state index is -0.719. The van der Waals surface area contributed by atoms with Crippen LogP contribution in [0, 0.1) is 56.2 Å². The van der Waals surface area contributed by atoms with Crippen LogP contribution in [0.25, 0.3) is 0 Å². The number of Topliss-reactive ketones (excluding diaryl/α,β-unsaturated/α-hetero) is 1. The van der Waals surface area contributed by atoms with Crippen molar-refractivity contribution in [3.8, 4) is 0 Å². The molecule has 0 heterocycles. The average Bonchev–Trinajstić information content (AvgIpc) is 2.75. The van der Waals surface area contributed by atoms with Crippen molar-refractivity contribution >= 4 is 17.5 Å². The topological polar surface area (TPSA) is 71.4 Å². The van der Waals surface area contributed by atoms with Crippen LogP contribution in [-0.4, -0.2) is 22.6 Å². The number of hydrogen-bond acceptors (Lipinski definition) is 3. The third-order valence-electron chi connectivity index (χ3n) is 13.6. The van der Waals surface area contributed by atoms with Gasteiger partial charge in [-0.3, -0.25) is 14.4 Å². The maximum atomic E-state index is 14.3. The van der Waals surface area contributed by atoms with E-state index in [1.807, 2.05) is 13.0 Å². The van der Waals surface area contributed by atoms with Crippen molar-refractivity contribution in [2.45, 2.75) is 113 Å². The number of allylic oxidation sites excluding steroid dienone is 2. The molecule has 0 aromatic heterocycles. The summed E-state index contributed by atoms with van der Waals surface area (Å²) in [5.41, 5.74) is 0.163. The molecule has 4 nitrogen and oxygen atoms in total. The molecule has 4 heteroatoms. The van der Waals surface area contributed by atoms with Gasteiger partial charge in [-0.2, -0.15) is 0 Å². The van der Waals surface area contributed by atoms with Crippen molar-refractivity contribution in [2.24, 2.45) is 56.2 Å². The second-order valence-corrected chi connectivity index (χ2v) is 15.6. The van der Waals surface area contributed by atoms with Crippen LogP contribution in [0.15, 0.2) is 11.6 Å². The van der Waals surface area contributed by atoms with Crippen molar-refractivity contribution in [3.05, 3.63) is 11.6 Å². The number of fused-ring (bicyclic) bond motifs is 7. The minimum Gasteiger partial charge on any atom is -0.481 e. The Morgan fingerprint density at radius 1 is 0.889 bits per heavy atom. The molecular formula is C32H48O4. The first-order chi connectivity index (χ1) is 16.5. The lowest BCUT2D eigenvalue weighted by molar-refractivity contribution is -0.194. The first-order valence-electron chi connectivity index (χ1n) is 14.5. The number of rotatable bonds is 2. The van der Waals surface area contributed by atoms with Gasteiger partial charge in [0.15, 0.2) is 5.78 Å².